The van der Waals surface area contributed by atoms with Gasteiger partial charge in [0.05, 0.1) is 23.9 Å². The van der Waals surface area contributed by atoms with Gasteiger partial charge < -0.3 is 30.0 Å². The number of aliphatic hydroxyl groups is 2. The number of hydrogen-bond donors (Lipinski definition) is 4. The van der Waals surface area contributed by atoms with Crippen molar-refractivity contribution in [1.82, 2.24) is 18.9 Å². The molecule has 10 rings (SSSR count). The number of benzene rings is 4. The smallest absolute Gasteiger partial charge is 0.258 e. The summed E-state index contributed by atoms with van der Waals surface area (Å²) in [6.45, 7) is 4.48. The van der Waals surface area contributed by atoms with E-state index in [0.29, 0.717) is 35.6 Å². The van der Waals surface area contributed by atoms with Crippen LogP contribution in [0, 0.1) is 23.7 Å². The molecule has 2 aromatic heterocycles. The largest absolute Gasteiger partial charge is 0.396 e. The number of anilines is 2. The molecule has 68 heavy (non-hydrogen) atoms. The van der Waals surface area contributed by atoms with Crippen molar-refractivity contribution in [3.8, 4) is 22.3 Å². The standard InChI is InChI=1S/2C28H29N3O3/c2*1-3-7-20-12-15-23-26-25(22(17-32)24(30(26)2)16-31(23)28(20)34)27(33)29-21-13-10-19(11-14-21)18-8-5-4-6-9-18/h2*3-15,22,24-26,32H,16-17H2,1-2H3,(H,29,33)/b7-3+;7-3-/t2*22-,24-,25+,26+/m00/s1. The van der Waals surface area contributed by atoms with Crippen LogP contribution in [-0.2, 0) is 22.7 Å². The Balaban J connectivity index is 0.000000170. The van der Waals surface area contributed by atoms with Gasteiger partial charge in [0, 0.05) is 84.1 Å². The molecule has 12 heteroatoms. The van der Waals surface area contributed by atoms with Gasteiger partial charge in [0.25, 0.3) is 11.1 Å². The molecular weight excluding hydrogens is 853 g/mol. The van der Waals surface area contributed by atoms with E-state index in [1.807, 2.05) is 161 Å². The number of aromatic nitrogens is 2. The molecule has 6 heterocycles. The molecule has 0 saturated carbocycles. The van der Waals surface area contributed by atoms with Gasteiger partial charge in [0.15, 0.2) is 0 Å². The molecule has 12 nitrogen and oxygen atoms in total. The van der Waals surface area contributed by atoms with E-state index in [4.69, 9.17) is 0 Å². The van der Waals surface area contributed by atoms with E-state index in [0.717, 1.165) is 33.6 Å². The van der Waals surface area contributed by atoms with Crippen molar-refractivity contribution in [3.05, 3.63) is 189 Å². The van der Waals surface area contributed by atoms with Gasteiger partial charge >= 0.3 is 0 Å². The Kier molecular flexibility index (Phi) is 13.4. The summed E-state index contributed by atoms with van der Waals surface area (Å²) in [5.74, 6) is -1.72. The van der Waals surface area contributed by atoms with Gasteiger partial charge in [-0.1, -0.05) is 109 Å². The van der Waals surface area contributed by atoms with Gasteiger partial charge in [-0.25, -0.2) is 0 Å². The number of likely N-dealkylation sites (N-methyl/N-ethyl adjacent to an activating group) is 2. The quantitative estimate of drug-likeness (QED) is 0.110. The van der Waals surface area contributed by atoms with E-state index in [1.54, 1.807) is 9.13 Å². The number of nitrogens with one attached hydrogen (secondary N) is 2. The Morgan fingerprint density at radius 1 is 0.529 bits per heavy atom. The normalized spacial score (nSPS) is 23.7. The van der Waals surface area contributed by atoms with Crippen LogP contribution in [0.4, 0.5) is 11.4 Å². The monoisotopic (exact) mass is 910 g/mol. The first-order valence-electron chi connectivity index (χ1n) is 23.4. The second-order valence-electron chi connectivity index (χ2n) is 18.2. The predicted molar refractivity (Wildman–Crippen MR) is 269 cm³/mol. The van der Waals surface area contributed by atoms with E-state index in [9.17, 15) is 29.4 Å². The highest BCUT2D eigenvalue weighted by Crippen LogP contribution is 2.49. The van der Waals surface area contributed by atoms with Crippen LogP contribution in [-0.4, -0.2) is 80.4 Å². The van der Waals surface area contributed by atoms with Crippen LogP contribution in [0.25, 0.3) is 34.4 Å². The molecule has 2 amide bonds. The molecule has 0 aliphatic carbocycles. The lowest BCUT2D eigenvalue weighted by atomic mass is 9.86. The fourth-order valence-electron chi connectivity index (χ4n) is 11.2. The first-order chi connectivity index (χ1) is 33.1. The molecule has 0 radical (unpaired) electrons. The lowest BCUT2D eigenvalue weighted by Gasteiger charge is -2.35. The first kappa shape index (κ1) is 46.2. The van der Waals surface area contributed by atoms with E-state index in [-0.39, 0.29) is 72.1 Å². The number of carbonyl (C=O) groups excluding carboxylic acids is 2. The highest BCUT2D eigenvalue weighted by molar-refractivity contribution is 5.95. The third-order valence-corrected chi connectivity index (χ3v) is 14.6. The molecule has 2 fully saturated rings. The Labute approximate surface area is 396 Å². The second-order valence-corrected chi connectivity index (χ2v) is 18.2. The number of fused-ring (bicyclic) bond motifs is 8. The summed E-state index contributed by atoms with van der Waals surface area (Å²) in [6.07, 6.45) is 7.32. The third-order valence-electron chi connectivity index (χ3n) is 14.6. The van der Waals surface area contributed by atoms with Crippen LogP contribution < -0.4 is 21.8 Å². The number of nitrogens with zero attached hydrogens (tertiary/aromatic N) is 4. The molecular formula is C56H58N6O6. The van der Waals surface area contributed by atoms with Gasteiger partial charge in [-0.15, -0.1) is 0 Å². The van der Waals surface area contributed by atoms with Crippen LogP contribution in [0.15, 0.2) is 155 Å². The molecule has 4 N–H and O–H groups in total. The van der Waals surface area contributed by atoms with E-state index >= 15 is 0 Å². The molecule has 348 valence electrons. The van der Waals surface area contributed by atoms with Crippen molar-refractivity contribution in [2.75, 3.05) is 37.9 Å². The zero-order chi connectivity index (χ0) is 47.6. The van der Waals surface area contributed by atoms with Crippen molar-refractivity contribution in [2.24, 2.45) is 23.7 Å². The van der Waals surface area contributed by atoms with Crippen molar-refractivity contribution >= 4 is 35.3 Å². The second kappa shape index (κ2) is 19.7. The number of amides is 2. The Bertz CT molecular complexity index is 2760. The molecule has 4 aromatic carbocycles. The van der Waals surface area contributed by atoms with Crippen molar-refractivity contribution in [1.29, 1.82) is 0 Å². The fourth-order valence-corrected chi connectivity index (χ4v) is 11.2. The average molecular weight is 911 g/mol. The zero-order valence-electron chi connectivity index (χ0n) is 38.8. The van der Waals surface area contributed by atoms with Gasteiger partial charge in [0.2, 0.25) is 11.8 Å². The van der Waals surface area contributed by atoms with Crippen molar-refractivity contribution in [2.45, 2.75) is 51.1 Å². The van der Waals surface area contributed by atoms with E-state index in [1.165, 1.54) is 0 Å². The fraction of sp³-hybridized carbons (Fsp3) is 0.286. The van der Waals surface area contributed by atoms with Crippen molar-refractivity contribution < 1.29 is 19.8 Å². The molecule has 6 aromatic rings. The number of rotatable bonds is 10. The van der Waals surface area contributed by atoms with E-state index in [2.05, 4.69) is 44.7 Å². The topological polar surface area (TPSA) is 149 Å². The Morgan fingerprint density at radius 2 is 0.882 bits per heavy atom. The van der Waals surface area contributed by atoms with Gasteiger partial charge in [-0.2, -0.15) is 0 Å². The number of pyridine rings is 2. The Hall–Kier alpha value is -6.96. The maximum atomic E-state index is 13.5. The maximum absolute atomic E-state index is 13.5. The molecule has 4 bridgehead atoms. The lowest BCUT2D eigenvalue weighted by molar-refractivity contribution is -0.123. The Morgan fingerprint density at radius 3 is 1.22 bits per heavy atom. The minimum Gasteiger partial charge on any atom is -0.396 e. The maximum Gasteiger partial charge on any atom is 0.258 e. The third kappa shape index (κ3) is 8.49. The number of aliphatic hydroxyl groups excluding tert-OH is 2. The van der Waals surface area contributed by atoms with Crippen LogP contribution in [0.5, 0.6) is 0 Å². The lowest BCUT2D eigenvalue weighted by Crippen LogP contribution is -2.44. The number of allylic oxidation sites excluding steroid dienone is 2. The summed E-state index contributed by atoms with van der Waals surface area (Å²) in [4.78, 5) is 57.5. The summed E-state index contributed by atoms with van der Waals surface area (Å²) in [5, 5.41) is 26.6. The highest BCUT2D eigenvalue weighted by Gasteiger charge is 2.55. The van der Waals surface area contributed by atoms with Crippen LogP contribution in [0.2, 0.25) is 0 Å². The molecule has 0 spiro atoms. The highest BCUT2D eigenvalue weighted by atomic mass is 16.3. The molecule has 2 saturated heterocycles. The summed E-state index contributed by atoms with van der Waals surface area (Å²) in [5.41, 5.74) is 8.64. The number of hydrogen-bond acceptors (Lipinski definition) is 8. The van der Waals surface area contributed by atoms with Crippen LogP contribution in [0.3, 0.4) is 0 Å². The van der Waals surface area contributed by atoms with Crippen molar-refractivity contribution in [3.63, 3.8) is 0 Å². The van der Waals surface area contributed by atoms with Crippen LogP contribution in [0.1, 0.15) is 48.4 Å². The zero-order valence-corrected chi connectivity index (χ0v) is 38.8. The van der Waals surface area contributed by atoms with Gasteiger partial charge in [-0.3, -0.25) is 29.0 Å². The summed E-state index contributed by atoms with van der Waals surface area (Å²) in [7, 11) is 3.96. The summed E-state index contributed by atoms with van der Waals surface area (Å²) >= 11 is 0. The number of carbonyl (C=O) groups is 2. The molecule has 4 aliphatic heterocycles. The van der Waals surface area contributed by atoms with Gasteiger partial charge in [0.1, 0.15) is 0 Å². The first-order valence-corrected chi connectivity index (χ1v) is 23.4. The minimum atomic E-state index is -0.463. The van der Waals surface area contributed by atoms with Crippen LogP contribution >= 0.6 is 0 Å². The van der Waals surface area contributed by atoms with E-state index < -0.39 is 11.8 Å². The molecule has 0 unspecified atom stereocenters. The summed E-state index contributed by atoms with van der Waals surface area (Å²) in [6, 6.07) is 42.6. The molecule has 8 atom stereocenters. The SMILES string of the molecule is C/C=C/c1ccc2n(c1=O)C[C@H]1[C@H](CO)[C@@H](C(=O)Nc3ccc(-c4ccccc4)cc3)[C@@H]2N1C.C/C=C\c1ccc2n(c1=O)C[C@H]1[C@H](CO)[C@@H](C(=O)Nc3ccc(-c4ccccc4)cc3)[C@@H]2N1C. The molecule has 4 aliphatic rings. The van der Waals surface area contributed by atoms with Gasteiger partial charge in [-0.05, 0) is 98.7 Å². The average Bonchev–Trinajstić information content (AvgIpc) is 3.65. The minimum absolute atomic E-state index is 0.0482. The predicted octanol–water partition coefficient (Wildman–Crippen LogP) is 7.56. The summed E-state index contributed by atoms with van der Waals surface area (Å²) < 4.78 is 3.57.